The Bertz CT molecular complexity index is 828. The number of aryl methyl sites for hydroxylation is 2. The topological polar surface area (TPSA) is 54.5 Å². The summed E-state index contributed by atoms with van der Waals surface area (Å²) < 4.78 is 5.71. The van der Waals surface area contributed by atoms with Gasteiger partial charge < -0.3 is 15.0 Å². The second kappa shape index (κ2) is 6.33. The summed E-state index contributed by atoms with van der Waals surface area (Å²) in [5, 5.41) is 3.97. The molecule has 2 heterocycles. The second-order valence-electron chi connectivity index (χ2n) is 6.95. The Morgan fingerprint density at radius 2 is 2.04 bits per heavy atom. The molecule has 132 valence electrons. The number of hydrogen-bond acceptors (Lipinski definition) is 5. The lowest BCUT2D eigenvalue weighted by Crippen LogP contribution is -2.21. The number of thiazole rings is 1. The molecule has 1 aliphatic heterocycles. The summed E-state index contributed by atoms with van der Waals surface area (Å²) in [4.78, 5) is 20.2. The molecule has 0 spiro atoms. The van der Waals surface area contributed by atoms with Gasteiger partial charge in [0.15, 0.2) is 5.13 Å². The molecule has 0 radical (unpaired) electrons. The van der Waals surface area contributed by atoms with Gasteiger partial charge >= 0.3 is 0 Å². The molecule has 1 aromatic heterocycles. The zero-order chi connectivity index (χ0) is 17.6. The van der Waals surface area contributed by atoms with Gasteiger partial charge in [-0.15, -0.1) is 11.3 Å². The zero-order valence-corrected chi connectivity index (χ0v) is 15.7. The molecule has 0 saturated heterocycles. The maximum atomic E-state index is 12.3. The van der Waals surface area contributed by atoms with Crippen LogP contribution >= 0.6 is 11.3 Å². The monoisotopic (exact) mass is 357 g/mol. The van der Waals surface area contributed by atoms with Crippen LogP contribution in [0.3, 0.4) is 0 Å². The number of rotatable bonds is 3. The first-order valence-corrected chi connectivity index (χ1v) is 9.51. The fourth-order valence-corrected chi connectivity index (χ4v) is 4.92. The van der Waals surface area contributed by atoms with E-state index in [4.69, 9.17) is 9.72 Å². The number of fused-ring (bicyclic) bond motifs is 2. The number of hydrogen-bond donors (Lipinski definition) is 1. The third-order valence-electron chi connectivity index (χ3n) is 5.08. The minimum atomic E-state index is 0.00421. The molecular formula is C19H23N3O2S. The quantitative estimate of drug-likeness (QED) is 0.918. The molecule has 2 aromatic rings. The van der Waals surface area contributed by atoms with Gasteiger partial charge in [-0.05, 0) is 36.5 Å². The summed E-state index contributed by atoms with van der Waals surface area (Å²) in [6, 6.07) is 4.44. The van der Waals surface area contributed by atoms with Crippen LogP contribution in [0.5, 0.6) is 5.75 Å². The Kier molecular flexibility index (Phi) is 4.15. The second-order valence-corrected chi connectivity index (χ2v) is 7.96. The third kappa shape index (κ3) is 2.88. The van der Waals surface area contributed by atoms with E-state index in [0.717, 1.165) is 35.0 Å². The number of aromatic nitrogens is 1. The van der Waals surface area contributed by atoms with Gasteiger partial charge in [-0.2, -0.15) is 0 Å². The summed E-state index contributed by atoms with van der Waals surface area (Å²) in [5.74, 6) is 0.972. The van der Waals surface area contributed by atoms with E-state index in [9.17, 15) is 4.79 Å². The molecule has 2 aliphatic rings. The molecule has 5 nitrogen and oxygen atoms in total. The van der Waals surface area contributed by atoms with Gasteiger partial charge in [-0.25, -0.2) is 4.98 Å². The van der Waals surface area contributed by atoms with Crippen molar-refractivity contribution in [2.75, 3.05) is 26.1 Å². The highest BCUT2D eigenvalue weighted by atomic mass is 32.1. The number of anilines is 1. The van der Waals surface area contributed by atoms with E-state index >= 15 is 0 Å². The Morgan fingerprint density at radius 1 is 1.28 bits per heavy atom. The van der Waals surface area contributed by atoms with Crippen LogP contribution in [0.2, 0.25) is 0 Å². The van der Waals surface area contributed by atoms with Gasteiger partial charge in [0, 0.05) is 36.9 Å². The van der Waals surface area contributed by atoms with Crippen LogP contribution in [-0.4, -0.2) is 32.1 Å². The van der Waals surface area contributed by atoms with Gasteiger partial charge in [0.2, 0.25) is 5.91 Å². The minimum absolute atomic E-state index is 0.00421. The van der Waals surface area contributed by atoms with Crippen molar-refractivity contribution in [2.24, 2.45) is 0 Å². The molecular weight excluding hydrogens is 334 g/mol. The molecule has 1 atom stereocenters. The molecule has 4 rings (SSSR count). The van der Waals surface area contributed by atoms with Crippen LogP contribution in [0.4, 0.5) is 5.13 Å². The average Bonchev–Trinajstić information content (AvgIpc) is 3.20. The van der Waals surface area contributed by atoms with E-state index in [0.29, 0.717) is 13.0 Å². The third-order valence-corrected chi connectivity index (χ3v) is 6.46. The number of carbonyl (C=O) groups excluding carboxylic acids is 1. The van der Waals surface area contributed by atoms with Crippen molar-refractivity contribution < 1.29 is 9.53 Å². The van der Waals surface area contributed by atoms with Crippen molar-refractivity contribution in [3.05, 3.63) is 39.4 Å². The molecule has 1 N–H and O–H groups in total. The highest BCUT2D eigenvalue weighted by Crippen LogP contribution is 2.43. The molecule has 6 heteroatoms. The summed E-state index contributed by atoms with van der Waals surface area (Å²) in [5.41, 5.74) is 4.89. The van der Waals surface area contributed by atoms with E-state index in [1.165, 1.54) is 22.4 Å². The maximum absolute atomic E-state index is 12.3. The van der Waals surface area contributed by atoms with Gasteiger partial charge in [0.1, 0.15) is 5.75 Å². The lowest BCUT2D eigenvalue weighted by atomic mass is 9.90. The van der Waals surface area contributed by atoms with E-state index < -0.39 is 0 Å². The van der Waals surface area contributed by atoms with Crippen LogP contribution in [-0.2, 0) is 24.2 Å². The molecule has 1 amide bonds. The van der Waals surface area contributed by atoms with E-state index in [2.05, 4.69) is 17.4 Å². The normalized spacial score (nSPS) is 19.0. The minimum Gasteiger partial charge on any atom is -0.496 e. The van der Waals surface area contributed by atoms with Crippen molar-refractivity contribution in [3.8, 4) is 5.75 Å². The first-order valence-electron chi connectivity index (χ1n) is 8.70. The van der Waals surface area contributed by atoms with Crippen molar-refractivity contribution in [2.45, 2.75) is 38.1 Å². The average molecular weight is 357 g/mol. The lowest BCUT2D eigenvalue weighted by molar-refractivity contribution is -0.121. The summed E-state index contributed by atoms with van der Waals surface area (Å²) in [6.45, 7) is 0.502. The summed E-state index contributed by atoms with van der Waals surface area (Å²) in [6.07, 6.45) is 3.87. The number of carbonyl (C=O) groups is 1. The van der Waals surface area contributed by atoms with Crippen LogP contribution in [0, 0.1) is 0 Å². The SMILES string of the molecule is COc1cc2c(cc1[C@@H]1CC(=O)NCc3nc(N(C)C)sc31)CCC2. The highest BCUT2D eigenvalue weighted by molar-refractivity contribution is 7.15. The van der Waals surface area contributed by atoms with Crippen LogP contribution in [0.25, 0.3) is 0 Å². The van der Waals surface area contributed by atoms with E-state index in [1.54, 1.807) is 18.4 Å². The molecule has 0 fully saturated rings. The number of nitrogens with zero attached hydrogens (tertiary/aromatic N) is 2. The van der Waals surface area contributed by atoms with Crippen molar-refractivity contribution in [1.29, 1.82) is 0 Å². The number of nitrogens with one attached hydrogen (secondary N) is 1. The number of ether oxygens (including phenoxy) is 1. The molecule has 25 heavy (non-hydrogen) atoms. The van der Waals surface area contributed by atoms with Crippen LogP contribution in [0.15, 0.2) is 12.1 Å². The van der Waals surface area contributed by atoms with Gasteiger partial charge in [-0.3, -0.25) is 4.79 Å². The van der Waals surface area contributed by atoms with Crippen molar-refractivity contribution in [1.82, 2.24) is 10.3 Å². The van der Waals surface area contributed by atoms with E-state index in [-0.39, 0.29) is 11.8 Å². The Hall–Kier alpha value is -2.08. The molecule has 0 bridgehead atoms. The summed E-state index contributed by atoms with van der Waals surface area (Å²) >= 11 is 1.68. The number of benzene rings is 1. The lowest BCUT2D eigenvalue weighted by Gasteiger charge is -2.19. The fraction of sp³-hybridized carbons (Fsp3) is 0.474. The van der Waals surface area contributed by atoms with E-state index in [1.807, 2.05) is 19.0 Å². The Morgan fingerprint density at radius 3 is 2.76 bits per heavy atom. The largest absolute Gasteiger partial charge is 0.496 e. The van der Waals surface area contributed by atoms with Crippen molar-refractivity contribution in [3.63, 3.8) is 0 Å². The molecule has 0 unspecified atom stereocenters. The first-order chi connectivity index (χ1) is 12.1. The Labute approximate surface area is 152 Å². The molecule has 0 saturated carbocycles. The van der Waals surface area contributed by atoms with Crippen molar-refractivity contribution >= 4 is 22.4 Å². The first kappa shape index (κ1) is 16.4. The zero-order valence-electron chi connectivity index (χ0n) is 14.9. The maximum Gasteiger partial charge on any atom is 0.221 e. The fourth-order valence-electron chi connectivity index (χ4n) is 3.79. The predicted molar refractivity (Wildman–Crippen MR) is 99.8 cm³/mol. The standard InChI is InChI=1S/C19H23N3O2S/c1-22(2)19-21-15-10-20-17(23)9-14(18(15)25-19)13-7-11-5-4-6-12(11)8-16(13)24-3/h7-8,14H,4-6,9-10H2,1-3H3,(H,20,23)/t14-/m0/s1. The summed E-state index contributed by atoms with van der Waals surface area (Å²) in [7, 11) is 5.72. The van der Waals surface area contributed by atoms with Gasteiger partial charge in [0.05, 0.1) is 19.3 Å². The molecule has 1 aromatic carbocycles. The Balaban J connectivity index is 1.85. The van der Waals surface area contributed by atoms with Crippen LogP contribution < -0.4 is 15.0 Å². The predicted octanol–water partition coefficient (Wildman–Crippen LogP) is 2.86. The van der Waals surface area contributed by atoms with Gasteiger partial charge in [0.25, 0.3) is 0 Å². The van der Waals surface area contributed by atoms with Gasteiger partial charge in [-0.1, -0.05) is 6.07 Å². The smallest absolute Gasteiger partial charge is 0.221 e. The van der Waals surface area contributed by atoms with Crippen LogP contribution in [0.1, 0.15) is 46.0 Å². The number of amides is 1. The highest BCUT2D eigenvalue weighted by Gasteiger charge is 2.31. The number of methoxy groups -OCH3 is 1. The molecule has 1 aliphatic carbocycles.